The monoisotopic (exact) mass is 202 g/mol. The number of thiazole rings is 1. The van der Waals surface area contributed by atoms with Crippen LogP contribution >= 0.6 is 11.3 Å². The van der Waals surface area contributed by atoms with E-state index in [2.05, 4.69) is 35.4 Å². The van der Waals surface area contributed by atoms with Gasteiger partial charge in [-0.2, -0.15) is 0 Å². The second kappa shape index (κ2) is 2.82. The number of aromatic nitrogens is 1. The number of nitrogens with zero attached hydrogens (tertiary/aromatic N) is 1. The molecule has 1 aliphatic rings. The van der Waals surface area contributed by atoms with Crippen LogP contribution in [0.5, 0.6) is 0 Å². The Balaban J connectivity index is 2.26. The molecule has 2 nitrogen and oxygen atoms in total. The summed E-state index contributed by atoms with van der Waals surface area (Å²) >= 11 is 1.72. The van der Waals surface area contributed by atoms with Crippen molar-refractivity contribution in [2.24, 2.45) is 0 Å². The lowest BCUT2D eigenvalue weighted by molar-refractivity contribution is 1.14. The molecule has 0 spiro atoms. The van der Waals surface area contributed by atoms with Crippen molar-refractivity contribution in [2.75, 3.05) is 5.32 Å². The summed E-state index contributed by atoms with van der Waals surface area (Å²) in [4.78, 5) is 5.74. The summed E-state index contributed by atoms with van der Waals surface area (Å²) in [7, 11) is 0. The minimum absolute atomic E-state index is 0.913. The van der Waals surface area contributed by atoms with E-state index in [1.807, 2.05) is 5.51 Å². The zero-order valence-electron chi connectivity index (χ0n) is 7.87. The molecular weight excluding hydrogens is 192 g/mol. The Labute approximate surface area is 86.6 Å². The van der Waals surface area contributed by atoms with E-state index in [9.17, 15) is 0 Å². The van der Waals surface area contributed by atoms with Gasteiger partial charge in [0.25, 0.3) is 0 Å². The largest absolute Gasteiger partial charge is 0.380 e. The summed E-state index contributed by atoms with van der Waals surface area (Å²) in [5.74, 6) is 0. The smallest absolute Gasteiger partial charge is 0.0882 e. The molecule has 0 radical (unpaired) electrons. The molecule has 0 saturated carbocycles. The molecule has 0 unspecified atom stereocenters. The first-order valence-corrected chi connectivity index (χ1v) is 5.50. The fraction of sp³-hybridized carbons (Fsp3) is 0.182. The van der Waals surface area contributed by atoms with Gasteiger partial charge in [-0.3, -0.25) is 0 Å². The van der Waals surface area contributed by atoms with Crippen LogP contribution in [0.1, 0.15) is 10.4 Å². The van der Waals surface area contributed by atoms with E-state index in [-0.39, 0.29) is 0 Å². The molecule has 0 atom stereocenters. The number of fused-ring (bicyclic) bond motifs is 3. The minimum atomic E-state index is 0.913. The molecule has 0 fully saturated rings. The topological polar surface area (TPSA) is 24.9 Å². The highest BCUT2D eigenvalue weighted by Gasteiger charge is 2.17. The lowest BCUT2D eigenvalue weighted by Gasteiger charge is -2.17. The molecule has 3 rings (SSSR count). The molecule has 70 valence electrons. The third-order valence-corrected chi connectivity index (χ3v) is 3.34. The molecular formula is C11H10N2S. The molecule has 0 amide bonds. The molecule has 0 saturated heterocycles. The van der Waals surface area contributed by atoms with Crippen LogP contribution in [0.3, 0.4) is 0 Å². The highest BCUT2D eigenvalue weighted by atomic mass is 32.1. The predicted octanol–water partition coefficient (Wildman–Crippen LogP) is 3.04. The second-order valence-corrected chi connectivity index (χ2v) is 4.47. The van der Waals surface area contributed by atoms with Gasteiger partial charge in [-0.1, -0.05) is 12.1 Å². The van der Waals surface area contributed by atoms with Crippen molar-refractivity contribution in [1.29, 1.82) is 0 Å². The summed E-state index contributed by atoms with van der Waals surface area (Å²) < 4.78 is 0. The van der Waals surface area contributed by atoms with Gasteiger partial charge in [0, 0.05) is 11.3 Å². The van der Waals surface area contributed by atoms with E-state index < -0.39 is 0 Å². The Morgan fingerprint density at radius 1 is 1.43 bits per heavy atom. The van der Waals surface area contributed by atoms with Gasteiger partial charge in [0.1, 0.15) is 0 Å². The molecule has 1 aromatic carbocycles. The van der Waals surface area contributed by atoms with Crippen LogP contribution < -0.4 is 5.32 Å². The van der Waals surface area contributed by atoms with Crippen LogP contribution in [-0.4, -0.2) is 4.98 Å². The van der Waals surface area contributed by atoms with Crippen molar-refractivity contribution in [3.05, 3.63) is 34.2 Å². The Kier molecular flexibility index (Phi) is 1.61. The molecule has 0 bridgehead atoms. The third-order valence-electron chi connectivity index (χ3n) is 2.51. The standard InChI is InChI=1S/C11H10N2S/c1-7-2-3-8-9(4-7)12-5-10-11(8)13-6-14-10/h2-4,6,12H,5H2,1H3. The van der Waals surface area contributed by atoms with Gasteiger partial charge in [-0.15, -0.1) is 11.3 Å². The van der Waals surface area contributed by atoms with E-state index in [4.69, 9.17) is 0 Å². The Morgan fingerprint density at radius 2 is 2.36 bits per heavy atom. The van der Waals surface area contributed by atoms with E-state index in [0.29, 0.717) is 0 Å². The summed E-state index contributed by atoms with van der Waals surface area (Å²) in [6.45, 7) is 3.02. The highest BCUT2D eigenvalue weighted by molar-refractivity contribution is 7.10. The normalized spacial score (nSPS) is 12.9. The molecule has 3 heteroatoms. The predicted molar refractivity (Wildman–Crippen MR) is 59.6 cm³/mol. The maximum atomic E-state index is 4.41. The molecule has 2 heterocycles. The first kappa shape index (κ1) is 8.00. The summed E-state index contributed by atoms with van der Waals surface area (Å²) in [5.41, 5.74) is 6.81. The van der Waals surface area contributed by atoms with Crippen molar-refractivity contribution in [3.8, 4) is 11.3 Å². The van der Waals surface area contributed by atoms with Gasteiger partial charge in [0.15, 0.2) is 0 Å². The van der Waals surface area contributed by atoms with Crippen molar-refractivity contribution in [2.45, 2.75) is 13.5 Å². The SMILES string of the molecule is Cc1ccc2c(c1)NCc1scnc1-2. The second-order valence-electron chi connectivity index (χ2n) is 3.53. The number of rotatable bonds is 0. The maximum Gasteiger partial charge on any atom is 0.0882 e. The van der Waals surface area contributed by atoms with Crippen molar-refractivity contribution in [1.82, 2.24) is 4.98 Å². The highest BCUT2D eigenvalue weighted by Crippen LogP contribution is 2.36. The van der Waals surface area contributed by atoms with E-state index in [0.717, 1.165) is 12.2 Å². The number of aryl methyl sites for hydroxylation is 1. The van der Waals surface area contributed by atoms with Crippen LogP contribution in [0.25, 0.3) is 11.3 Å². The molecule has 1 aromatic heterocycles. The Bertz CT molecular complexity index is 488. The zero-order chi connectivity index (χ0) is 9.54. The number of hydrogen-bond acceptors (Lipinski definition) is 3. The van der Waals surface area contributed by atoms with Crippen molar-refractivity contribution in [3.63, 3.8) is 0 Å². The van der Waals surface area contributed by atoms with E-state index in [1.54, 1.807) is 11.3 Å². The average Bonchev–Trinajstić information content (AvgIpc) is 2.65. The molecule has 1 N–H and O–H groups in total. The van der Waals surface area contributed by atoms with Gasteiger partial charge in [-0.25, -0.2) is 4.98 Å². The summed E-state index contributed by atoms with van der Waals surface area (Å²) in [6.07, 6.45) is 0. The van der Waals surface area contributed by atoms with Gasteiger partial charge in [0.2, 0.25) is 0 Å². The minimum Gasteiger partial charge on any atom is -0.380 e. The molecule has 0 aliphatic carbocycles. The van der Waals surface area contributed by atoms with Gasteiger partial charge in [0.05, 0.1) is 22.6 Å². The average molecular weight is 202 g/mol. The van der Waals surface area contributed by atoms with Crippen molar-refractivity contribution >= 4 is 17.0 Å². The first-order valence-electron chi connectivity index (χ1n) is 4.62. The van der Waals surface area contributed by atoms with Crippen LogP contribution in [0.2, 0.25) is 0 Å². The lowest BCUT2D eigenvalue weighted by atomic mass is 10.0. The van der Waals surface area contributed by atoms with Crippen LogP contribution in [0, 0.1) is 6.92 Å². The number of benzene rings is 1. The number of hydrogen-bond donors (Lipinski definition) is 1. The Hall–Kier alpha value is -1.35. The van der Waals surface area contributed by atoms with Crippen molar-refractivity contribution < 1.29 is 0 Å². The first-order chi connectivity index (χ1) is 6.84. The van der Waals surface area contributed by atoms with Gasteiger partial charge in [-0.05, 0) is 18.6 Å². The van der Waals surface area contributed by atoms with E-state index in [1.165, 1.54) is 21.7 Å². The van der Waals surface area contributed by atoms with E-state index >= 15 is 0 Å². The Morgan fingerprint density at radius 3 is 3.29 bits per heavy atom. The zero-order valence-corrected chi connectivity index (χ0v) is 8.69. The van der Waals surface area contributed by atoms with Crippen LogP contribution in [-0.2, 0) is 6.54 Å². The van der Waals surface area contributed by atoms with Gasteiger partial charge >= 0.3 is 0 Å². The lowest BCUT2D eigenvalue weighted by Crippen LogP contribution is -2.06. The summed E-state index contributed by atoms with van der Waals surface area (Å²) in [6, 6.07) is 6.46. The maximum absolute atomic E-state index is 4.41. The fourth-order valence-electron chi connectivity index (χ4n) is 1.80. The quantitative estimate of drug-likeness (QED) is 0.710. The molecule has 1 aliphatic heterocycles. The summed E-state index contributed by atoms with van der Waals surface area (Å²) in [5, 5.41) is 3.42. The number of nitrogens with one attached hydrogen (secondary N) is 1. The molecule has 2 aromatic rings. The van der Waals surface area contributed by atoms with Crippen LogP contribution in [0.4, 0.5) is 5.69 Å². The third kappa shape index (κ3) is 1.06. The molecule has 14 heavy (non-hydrogen) atoms. The van der Waals surface area contributed by atoms with Gasteiger partial charge < -0.3 is 5.32 Å². The van der Waals surface area contributed by atoms with Crippen LogP contribution in [0.15, 0.2) is 23.7 Å². The number of anilines is 1. The fourth-order valence-corrected chi connectivity index (χ4v) is 2.52.